The van der Waals surface area contributed by atoms with Crippen LogP contribution >= 0.6 is 0 Å². The first-order chi connectivity index (χ1) is 6.56. The number of hydrogen-bond donors (Lipinski definition) is 0. The fraction of sp³-hybridized carbons (Fsp3) is 0.909. The molecule has 0 bridgehead atoms. The molecule has 1 saturated carbocycles. The Labute approximate surface area is 85.4 Å². The van der Waals surface area contributed by atoms with Crippen LogP contribution in [0.1, 0.15) is 33.1 Å². The van der Waals surface area contributed by atoms with Gasteiger partial charge in [0, 0.05) is 12.6 Å². The summed E-state index contributed by atoms with van der Waals surface area (Å²) >= 11 is 0. The van der Waals surface area contributed by atoms with Gasteiger partial charge in [-0.15, -0.1) is 0 Å². The molecule has 0 spiro atoms. The van der Waals surface area contributed by atoms with Gasteiger partial charge < -0.3 is 9.64 Å². The molecule has 1 heterocycles. The van der Waals surface area contributed by atoms with Gasteiger partial charge in [0.15, 0.2) is 0 Å². The number of hydrogen-bond acceptors (Lipinski definition) is 2. The summed E-state index contributed by atoms with van der Waals surface area (Å²) in [7, 11) is 1.47. The zero-order valence-corrected chi connectivity index (χ0v) is 9.25. The number of rotatable bonds is 0. The van der Waals surface area contributed by atoms with Crippen molar-refractivity contribution in [2.24, 2.45) is 11.3 Å². The summed E-state index contributed by atoms with van der Waals surface area (Å²) in [5.41, 5.74) is 0.273. The minimum absolute atomic E-state index is 0.146. The van der Waals surface area contributed by atoms with E-state index < -0.39 is 0 Å². The van der Waals surface area contributed by atoms with Gasteiger partial charge in [0.05, 0.1) is 7.11 Å². The summed E-state index contributed by atoms with van der Waals surface area (Å²) in [5, 5.41) is 0. The van der Waals surface area contributed by atoms with Crippen molar-refractivity contribution in [2.75, 3.05) is 13.7 Å². The van der Waals surface area contributed by atoms with E-state index in [0.29, 0.717) is 12.0 Å². The van der Waals surface area contributed by atoms with Crippen LogP contribution in [0.5, 0.6) is 0 Å². The van der Waals surface area contributed by atoms with Gasteiger partial charge in [-0.3, -0.25) is 0 Å². The number of nitrogens with zero attached hydrogens (tertiary/aromatic N) is 1. The molecular formula is C11H19NO2. The lowest BCUT2D eigenvalue weighted by atomic mass is 9.80. The summed E-state index contributed by atoms with van der Waals surface area (Å²) in [4.78, 5) is 13.5. The molecule has 3 heteroatoms. The first kappa shape index (κ1) is 9.81. The van der Waals surface area contributed by atoms with E-state index in [4.69, 9.17) is 4.74 Å². The molecular weight excluding hydrogens is 178 g/mol. The number of amides is 1. The Bertz CT molecular complexity index is 250. The van der Waals surface area contributed by atoms with Crippen molar-refractivity contribution in [3.8, 4) is 0 Å². The number of methoxy groups -OCH3 is 1. The highest BCUT2D eigenvalue weighted by Gasteiger charge is 2.50. The molecule has 2 unspecified atom stereocenters. The molecule has 1 amide bonds. The van der Waals surface area contributed by atoms with E-state index in [1.165, 1.54) is 20.0 Å². The van der Waals surface area contributed by atoms with Crippen molar-refractivity contribution >= 4 is 6.09 Å². The van der Waals surface area contributed by atoms with E-state index in [1.54, 1.807) is 0 Å². The van der Waals surface area contributed by atoms with Crippen molar-refractivity contribution in [3.63, 3.8) is 0 Å². The van der Waals surface area contributed by atoms with Gasteiger partial charge >= 0.3 is 6.09 Å². The van der Waals surface area contributed by atoms with Crippen molar-refractivity contribution < 1.29 is 9.53 Å². The Morgan fingerprint density at radius 3 is 2.79 bits per heavy atom. The summed E-state index contributed by atoms with van der Waals surface area (Å²) in [5.74, 6) is 0.682. The fourth-order valence-electron chi connectivity index (χ4n) is 3.22. The van der Waals surface area contributed by atoms with E-state index >= 15 is 0 Å². The largest absolute Gasteiger partial charge is 0.453 e. The number of carbonyl (C=O) groups excluding carboxylic acids is 1. The van der Waals surface area contributed by atoms with Gasteiger partial charge in [-0.2, -0.15) is 0 Å². The minimum Gasteiger partial charge on any atom is -0.453 e. The zero-order chi connectivity index (χ0) is 10.3. The summed E-state index contributed by atoms with van der Waals surface area (Å²) in [6.07, 6.45) is 3.54. The Morgan fingerprint density at radius 1 is 1.43 bits per heavy atom. The van der Waals surface area contributed by atoms with E-state index in [-0.39, 0.29) is 11.5 Å². The molecule has 0 N–H and O–H groups in total. The van der Waals surface area contributed by atoms with Crippen LogP contribution in [-0.4, -0.2) is 30.7 Å². The summed E-state index contributed by atoms with van der Waals surface area (Å²) in [6.45, 7) is 5.38. The van der Waals surface area contributed by atoms with Gasteiger partial charge in [0.25, 0.3) is 0 Å². The molecule has 2 fully saturated rings. The van der Waals surface area contributed by atoms with E-state index in [9.17, 15) is 4.79 Å². The molecule has 2 atom stereocenters. The predicted molar refractivity (Wildman–Crippen MR) is 54.0 cm³/mol. The monoisotopic (exact) mass is 197 g/mol. The topological polar surface area (TPSA) is 29.5 Å². The number of carbonyl (C=O) groups is 1. The Balaban J connectivity index is 2.18. The van der Waals surface area contributed by atoms with E-state index in [0.717, 1.165) is 13.0 Å². The molecule has 1 aliphatic carbocycles. The quantitative estimate of drug-likeness (QED) is 0.596. The van der Waals surface area contributed by atoms with Crippen molar-refractivity contribution in [1.82, 2.24) is 4.90 Å². The lowest BCUT2D eigenvalue weighted by Gasteiger charge is -2.23. The molecule has 0 aromatic rings. The van der Waals surface area contributed by atoms with Gasteiger partial charge in [0.1, 0.15) is 0 Å². The minimum atomic E-state index is -0.146. The lowest BCUT2D eigenvalue weighted by Crippen LogP contribution is -2.35. The Morgan fingerprint density at radius 2 is 2.14 bits per heavy atom. The highest BCUT2D eigenvalue weighted by atomic mass is 16.5. The van der Waals surface area contributed by atoms with Crippen LogP contribution in [0.4, 0.5) is 4.79 Å². The molecule has 0 aromatic heterocycles. The van der Waals surface area contributed by atoms with E-state index in [1.807, 2.05) is 4.90 Å². The average molecular weight is 197 g/mol. The van der Waals surface area contributed by atoms with Crippen LogP contribution in [0.15, 0.2) is 0 Å². The third-order valence-corrected chi connectivity index (χ3v) is 3.87. The lowest BCUT2D eigenvalue weighted by molar-refractivity contribution is 0.115. The molecule has 2 rings (SSSR count). The Hall–Kier alpha value is -0.730. The maximum atomic E-state index is 11.5. The molecule has 3 nitrogen and oxygen atoms in total. The molecule has 1 saturated heterocycles. The number of ether oxygens (including phenoxy) is 1. The second-order valence-electron chi connectivity index (χ2n) is 5.19. The van der Waals surface area contributed by atoms with Crippen LogP contribution < -0.4 is 0 Å². The predicted octanol–water partition coefficient (Wildman–Crippen LogP) is 2.26. The van der Waals surface area contributed by atoms with Crippen LogP contribution in [0.2, 0.25) is 0 Å². The summed E-state index contributed by atoms with van der Waals surface area (Å²) < 4.78 is 4.82. The van der Waals surface area contributed by atoms with Gasteiger partial charge in [-0.05, 0) is 24.2 Å². The maximum Gasteiger partial charge on any atom is 0.409 e. The standard InChI is InChI=1S/C11H19NO2/c1-11(2)7-12(10(13)14-3)9-6-4-5-8(9)11/h8-9H,4-7H2,1-3H3. The van der Waals surface area contributed by atoms with Crippen LogP contribution in [0.25, 0.3) is 0 Å². The number of fused-ring (bicyclic) bond motifs is 1. The van der Waals surface area contributed by atoms with Gasteiger partial charge in [-0.25, -0.2) is 4.79 Å². The molecule has 0 aromatic carbocycles. The highest BCUT2D eigenvalue weighted by molar-refractivity contribution is 5.68. The molecule has 80 valence electrons. The summed E-state index contributed by atoms with van der Waals surface area (Å²) in [6, 6.07) is 0.442. The molecule has 1 aliphatic heterocycles. The average Bonchev–Trinajstić information content (AvgIpc) is 2.68. The van der Waals surface area contributed by atoms with Crippen molar-refractivity contribution in [1.29, 1.82) is 0 Å². The smallest absolute Gasteiger partial charge is 0.409 e. The van der Waals surface area contributed by atoms with Gasteiger partial charge in [0.2, 0.25) is 0 Å². The Kier molecular flexibility index (Phi) is 2.20. The third-order valence-electron chi connectivity index (χ3n) is 3.87. The van der Waals surface area contributed by atoms with Crippen molar-refractivity contribution in [3.05, 3.63) is 0 Å². The first-order valence-electron chi connectivity index (χ1n) is 5.41. The van der Waals surface area contributed by atoms with E-state index in [2.05, 4.69) is 13.8 Å². The first-order valence-corrected chi connectivity index (χ1v) is 5.41. The highest BCUT2D eigenvalue weighted by Crippen LogP contribution is 2.48. The van der Waals surface area contributed by atoms with Crippen LogP contribution in [0, 0.1) is 11.3 Å². The SMILES string of the molecule is COC(=O)N1CC(C)(C)C2CCCC21. The second-order valence-corrected chi connectivity index (χ2v) is 5.19. The molecule has 14 heavy (non-hydrogen) atoms. The maximum absolute atomic E-state index is 11.5. The van der Waals surface area contributed by atoms with Gasteiger partial charge in [-0.1, -0.05) is 20.3 Å². The van der Waals surface area contributed by atoms with Crippen molar-refractivity contribution in [2.45, 2.75) is 39.2 Å². The number of likely N-dealkylation sites (tertiary alicyclic amines) is 1. The molecule has 0 radical (unpaired) electrons. The van der Waals surface area contributed by atoms with Crippen LogP contribution in [0.3, 0.4) is 0 Å². The third kappa shape index (κ3) is 1.30. The normalized spacial score (nSPS) is 34.4. The fourth-order valence-corrected chi connectivity index (χ4v) is 3.22. The molecule has 2 aliphatic rings. The zero-order valence-electron chi connectivity index (χ0n) is 9.25. The van der Waals surface area contributed by atoms with Crippen LogP contribution in [-0.2, 0) is 4.74 Å². The second kappa shape index (κ2) is 3.14.